The molecule has 4 heteroatoms. The molecule has 18 heavy (non-hydrogen) atoms. The van der Waals surface area contributed by atoms with Gasteiger partial charge in [0.2, 0.25) is 5.90 Å². The molecule has 0 unspecified atom stereocenters. The zero-order valence-corrected chi connectivity index (χ0v) is 13.3. The van der Waals surface area contributed by atoms with E-state index < -0.39 is 0 Å². The number of fused-ring (bicyclic) bond motifs is 1. The van der Waals surface area contributed by atoms with Crippen molar-refractivity contribution in [2.24, 2.45) is 10.9 Å². The number of thiophene rings is 1. The smallest absolute Gasteiger partial charge is 0.228 e. The molecular formula is C14H14INOS. The average molecular weight is 371 g/mol. The van der Waals surface area contributed by atoms with E-state index in [0.717, 1.165) is 12.5 Å². The first-order chi connectivity index (χ1) is 8.66. The van der Waals surface area contributed by atoms with Crippen LogP contribution in [-0.2, 0) is 4.74 Å². The molecule has 0 bridgehead atoms. The average Bonchev–Trinajstić information content (AvgIpc) is 2.95. The summed E-state index contributed by atoms with van der Waals surface area (Å²) in [4.78, 5) is 5.89. The van der Waals surface area contributed by atoms with Crippen molar-refractivity contribution in [2.45, 2.75) is 19.9 Å². The van der Waals surface area contributed by atoms with Crippen molar-refractivity contribution in [1.82, 2.24) is 0 Å². The Bertz CT molecular complexity index is 617. The number of rotatable bonds is 2. The second-order valence-corrected chi connectivity index (χ2v) is 6.93. The Labute approximate surface area is 124 Å². The van der Waals surface area contributed by atoms with Crippen LogP contribution in [0.3, 0.4) is 0 Å². The maximum Gasteiger partial charge on any atom is 0.228 e. The Balaban J connectivity index is 2.05. The quantitative estimate of drug-likeness (QED) is 0.721. The summed E-state index contributed by atoms with van der Waals surface area (Å²) in [5.41, 5.74) is 0. The van der Waals surface area contributed by atoms with Crippen molar-refractivity contribution in [3.63, 3.8) is 0 Å². The van der Waals surface area contributed by atoms with Crippen LogP contribution < -0.4 is 0 Å². The molecule has 1 aromatic carbocycles. The predicted octanol–water partition coefficient (Wildman–Crippen LogP) is 4.31. The zero-order valence-electron chi connectivity index (χ0n) is 10.3. The molecule has 0 saturated heterocycles. The van der Waals surface area contributed by atoms with Gasteiger partial charge >= 0.3 is 0 Å². The molecule has 1 aromatic heterocycles. The summed E-state index contributed by atoms with van der Waals surface area (Å²) in [6, 6.07) is 8.77. The summed E-state index contributed by atoms with van der Waals surface area (Å²) < 4.78 is 8.34. The summed E-state index contributed by atoms with van der Waals surface area (Å²) >= 11 is 4.17. The second kappa shape index (κ2) is 4.81. The van der Waals surface area contributed by atoms with Crippen LogP contribution in [0.4, 0.5) is 0 Å². The van der Waals surface area contributed by atoms with Gasteiger partial charge in [-0.3, -0.25) is 0 Å². The molecular weight excluding hydrogens is 357 g/mol. The van der Waals surface area contributed by atoms with Gasteiger partial charge in [-0.25, -0.2) is 4.99 Å². The highest BCUT2D eigenvalue weighted by Crippen LogP contribution is 2.34. The predicted molar refractivity (Wildman–Crippen MR) is 85.7 cm³/mol. The van der Waals surface area contributed by atoms with Crippen molar-refractivity contribution >= 4 is 49.9 Å². The van der Waals surface area contributed by atoms with Crippen LogP contribution >= 0.6 is 33.9 Å². The van der Waals surface area contributed by atoms with Crippen molar-refractivity contribution in [3.05, 3.63) is 32.7 Å². The third kappa shape index (κ3) is 2.05. The number of hydrogen-bond acceptors (Lipinski definition) is 3. The minimum Gasteiger partial charge on any atom is -0.475 e. The lowest BCUT2D eigenvalue weighted by atomic mass is 10.1. The topological polar surface area (TPSA) is 21.6 Å². The molecule has 0 spiro atoms. The number of halogens is 1. The van der Waals surface area contributed by atoms with Gasteiger partial charge in [-0.1, -0.05) is 32.0 Å². The molecule has 2 heterocycles. The van der Waals surface area contributed by atoms with Crippen LogP contribution in [0.25, 0.3) is 10.1 Å². The van der Waals surface area contributed by atoms with Crippen molar-refractivity contribution in [3.8, 4) is 0 Å². The lowest BCUT2D eigenvalue weighted by Crippen LogP contribution is -2.13. The Morgan fingerprint density at radius 3 is 2.83 bits per heavy atom. The van der Waals surface area contributed by atoms with Crippen LogP contribution in [0.1, 0.15) is 18.7 Å². The highest BCUT2D eigenvalue weighted by molar-refractivity contribution is 14.1. The number of nitrogens with zero attached hydrogens (tertiary/aromatic N) is 1. The maximum absolute atomic E-state index is 5.78. The van der Waals surface area contributed by atoms with Crippen LogP contribution in [0.15, 0.2) is 29.3 Å². The molecule has 94 valence electrons. The fourth-order valence-electron chi connectivity index (χ4n) is 2.01. The van der Waals surface area contributed by atoms with Gasteiger partial charge in [0.05, 0.1) is 6.04 Å². The monoisotopic (exact) mass is 371 g/mol. The van der Waals surface area contributed by atoms with Crippen LogP contribution in [-0.4, -0.2) is 18.5 Å². The van der Waals surface area contributed by atoms with Gasteiger partial charge in [0.1, 0.15) is 11.5 Å². The van der Waals surface area contributed by atoms with Gasteiger partial charge in [-0.05, 0) is 34.6 Å². The second-order valence-electron chi connectivity index (χ2n) is 4.80. The number of ether oxygens (including phenoxy) is 1. The van der Waals surface area contributed by atoms with Crippen molar-refractivity contribution in [2.75, 3.05) is 6.61 Å². The van der Waals surface area contributed by atoms with Crippen LogP contribution in [0.5, 0.6) is 0 Å². The molecule has 2 nitrogen and oxygen atoms in total. The summed E-state index contributed by atoms with van der Waals surface area (Å²) in [5.74, 6) is 1.37. The minimum atomic E-state index is 0.306. The molecule has 0 saturated carbocycles. The molecule has 1 aliphatic rings. The molecule has 0 aliphatic carbocycles. The fraction of sp³-hybridized carbons (Fsp3) is 0.357. The third-order valence-electron chi connectivity index (χ3n) is 3.17. The van der Waals surface area contributed by atoms with Gasteiger partial charge in [0.15, 0.2) is 0 Å². The molecule has 3 rings (SSSR count). The van der Waals surface area contributed by atoms with E-state index in [1.807, 2.05) is 0 Å². The lowest BCUT2D eigenvalue weighted by molar-refractivity contribution is 0.292. The molecule has 0 N–H and O–H groups in total. The van der Waals surface area contributed by atoms with E-state index in [9.17, 15) is 0 Å². The van der Waals surface area contributed by atoms with Gasteiger partial charge in [0, 0.05) is 13.7 Å². The maximum atomic E-state index is 5.78. The fourth-order valence-corrected chi connectivity index (χ4v) is 4.27. The molecule has 1 aliphatic heterocycles. The molecule has 2 aromatic rings. The van der Waals surface area contributed by atoms with Gasteiger partial charge in [-0.15, -0.1) is 11.3 Å². The standard InChI is InChI=1S/C14H14INOS/c1-8(2)10-7-17-14(16-10)13-12(15)9-5-3-4-6-11(9)18-13/h3-6,8,10H,7H2,1-2H3/t10-/m1/s1. The molecule has 0 fully saturated rings. The lowest BCUT2D eigenvalue weighted by Gasteiger charge is -2.06. The van der Waals surface area contributed by atoms with Gasteiger partial charge in [0.25, 0.3) is 0 Å². The molecule has 1 atom stereocenters. The minimum absolute atomic E-state index is 0.306. The third-order valence-corrected chi connectivity index (χ3v) is 5.82. The summed E-state index contributed by atoms with van der Waals surface area (Å²) in [5, 5.41) is 1.30. The summed E-state index contributed by atoms with van der Waals surface area (Å²) in [6.07, 6.45) is 0. The van der Waals surface area contributed by atoms with E-state index >= 15 is 0 Å². The SMILES string of the molecule is CC(C)[C@H]1COC(c2sc3ccccc3c2I)=N1. The Morgan fingerprint density at radius 1 is 1.39 bits per heavy atom. The van der Waals surface area contributed by atoms with E-state index in [1.165, 1.54) is 18.5 Å². The summed E-state index contributed by atoms with van der Waals surface area (Å²) in [7, 11) is 0. The highest BCUT2D eigenvalue weighted by Gasteiger charge is 2.25. The molecule has 0 radical (unpaired) electrons. The first kappa shape index (κ1) is 12.4. The van der Waals surface area contributed by atoms with Crippen molar-refractivity contribution < 1.29 is 4.74 Å². The van der Waals surface area contributed by atoms with Gasteiger partial charge in [-0.2, -0.15) is 0 Å². The molecule has 0 amide bonds. The Kier molecular flexibility index (Phi) is 3.32. The van der Waals surface area contributed by atoms with Crippen LogP contribution in [0, 0.1) is 9.49 Å². The van der Waals surface area contributed by atoms with E-state index in [0.29, 0.717) is 12.0 Å². The van der Waals surface area contributed by atoms with E-state index in [2.05, 4.69) is 60.7 Å². The first-order valence-corrected chi connectivity index (χ1v) is 7.94. The highest BCUT2D eigenvalue weighted by atomic mass is 127. The number of hydrogen-bond donors (Lipinski definition) is 0. The van der Waals surface area contributed by atoms with Crippen molar-refractivity contribution in [1.29, 1.82) is 0 Å². The number of aliphatic imine (C=N–C) groups is 1. The summed E-state index contributed by atoms with van der Waals surface area (Å²) in [6.45, 7) is 5.10. The van der Waals surface area contributed by atoms with Gasteiger partial charge < -0.3 is 4.74 Å². The largest absolute Gasteiger partial charge is 0.475 e. The Morgan fingerprint density at radius 2 is 2.17 bits per heavy atom. The first-order valence-electron chi connectivity index (χ1n) is 6.05. The van der Waals surface area contributed by atoms with Crippen LogP contribution in [0.2, 0.25) is 0 Å². The van der Waals surface area contributed by atoms with E-state index in [1.54, 1.807) is 11.3 Å². The van der Waals surface area contributed by atoms with E-state index in [4.69, 9.17) is 9.73 Å². The number of benzene rings is 1. The van der Waals surface area contributed by atoms with E-state index in [-0.39, 0.29) is 0 Å². The Hall–Kier alpha value is -0.620. The zero-order chi connectivity index (χ0) is 12.7. The normalized spacial score (nSPS) is 19.3.